The number of fused-ring (bicyclic) bond motifs is 1. The molecule has 2 saturated heterocycles. The number of hydrogen-bond donors (Lipinski definition) is 2. The van der Waals surface area contributed by atoms with Gasteiger partial charge in [0.05, 0.1) is 5.54 Å². The summed E-state index contributed by atoms with van der Waals surface area (Å²) in [5.41, 5.74) is 3.06. The molecule has 0 unspecified atom stereocenters. The largest absolute Gasteiger partial charge is 0.361 e. The van der Waals surface area contributed by atoms with E-state index in [1.54, 1.807) is 12.1 Å². The van der Waals surface area contributed by atoms with Crippen LogP contribution in [0.25, 0.3) is 10.9 Å². The van der Waals surface area contributed by atoms with Crippen molar-refractivity contribution in [3.05, 3.63) is 71.7 Å². The first-order valence-corrected chi connectivity index (χ1v) is 10.5. The van der Waals surface area contributed by atoms with Gasteiger partial charge in [-0.05, 0) is 59.7 Å². The summed E-state index contributed by atoms with van der Waals surface area (Å²) in [4.78, 5) is 18.1. The van der Waals surface area contributed by atoms with Gasteiger partial charge in [-0.15, -0.1) is 0 Å². The van der Waals surface area contributed by atoms with E-state index >= 15 is 0 Å². The Morgan fingerprint density at radius 1 is 1.14 bits per heavy atom. The second kappa shape index (κ2) is 7.30. The molecule has 29 heavy (non-hydrogen) atoms. The lowest BCUT2D eigenvalue weighted by atomic mass is 9.79. The van der Waals surface area contributed by atoms with Crippen molar-refractivity contribution in [3.8, 4) is 0 Å². The van der Waals surface area contributed by atoms with Gasteiger partial charge in [-0.2, -0.15) is 0 Å². The number of carbonyl (C=O) groups is 1. The highest BCUT2D eigenvalue weighted by Crippen LogP contribution is 2.41. The molecule has 2 aliphatic heterocycles. The van der Waals surface area contributed by atoms with Crippen molar-refractivity contribution in [2.24, 2.45) is 0 Å². The van der Waals surface area contributed by atoms with Gasteiger partial charge in [0.15, 0.2) is 0 Å². The van der Waals surface area contributed by atoms with Gasteiger partial charge in [-0.1, -0.05) is 24.6 Å². The minimum atomic E-state index is -0.320. The number of nitrogens with zero attached hydrogens (tertiary/aromatic N) is 1. The van der Waals surface area contributed by atoms with Crippen molar-refractivity contribution in [2.75, 3.05) is 13.1 Å². The zero-order chi connectivity index (χ0) is 19.8. The maximum absolute atomic E-state index is 14.0. The van der Waals surface area contributed by atoms with E-state index in [-0.39, 0.29) is 23.2 Å². The number of carbonyl (C=O) groups excluding carboxylic acids is 1. The van der Waals surface area contributed by atoms with E-state index < -0.39 is 0 Å². The third kappa shape index (κ3) is 3.55. The molecule has 3 aromatic rings. The highest BCUT2D eigenvalue weighted by atomic mass is 19.1. The molecule has 0 bridgehead atoms. The van der Waals surface area contributed by atoms with Crippen molar-refractivity contribution in [1.82, 2.24) is 15.2 Å². The van der Waals surface area contributed by atoms with Crippen LogP contribution in [0.15, 0.2) is 54.7 Å². The molecule has 1 spiro atoms. The summed E-state index contributed by atoms with van der Waals surface area (Å²) in [6.45, 7) is 2.44. The number of hydrogen-bond acceptors (Lipinski definition) is 2. The first-order chi connectivity index (χ1) is 14.1. The summed E-state index contributed by atoms with van der Waals surface area (Å²) in [6.07, 6.45) is 5.43. The fourth-order valence-electron chi connectivity index (χ4n) is 5.24. The van der Waals surface area contributed by atoms with Gasteiger partial charge in [0.2, 0.25) is 5.91 Å². The van der Waals surface area contributed by atoms with Crippen LogP contribution < -0.4 is 5.32 Å². The smallest absolute Gasteiger partial charge is 0.220 e. The Hall–Kier alpha value is -2.66. The minimum absolute atomic E-state index is 0.0937. The van der Waals surface area contributed by atoms with Crippen molar-refractivity contribution in [2.45, 2.75) is 43.7 Å². The fraction of sp³-hybridized carbons (Fsp3) is 0.375. The third-order valence-corrected chi connectivity index (χ3v) is 6.55. The second-order valence-corrected chi connectivity index (χ2v) is 8.59. The zero-order valence-electron chi connectivity index (χ0n) is 16.5. The lowest BCUT2D eigenvalue weighted by molar-refractivity contribution is -0.122. The molecule has 150 valence electrons. The van der Waals surface area contributed by atoms with Crippen LogP contribution in [0.5, 0.6) is 0 Å². The van der Waals surface area contributed by atoms with Crippen molar-refractivity contribution >= 4 is 16.8 Å². The van der Waals surface area contributed by atoms with E-state index in [9.17, 15) is 9.18 Å². The minimum Gasteiger partial charge on any atom is -0.361 e. The van der Waals surface area contributed by atoms with E-state index in [1.807, 2.05) is 12.3 Å². The SMILES string of the molecule is O=C1CCCC[C@]2(CN(Cc3ccc4[nH]ccc4c3)C[C@H]2c2cccc(F)c2)N1. The Kier molecular flexibility index (Phi) is 4.63. The van der Waals surface area contributed by atoms with Crippen molar-refractivity contribution in [3.63, 3.8) is 0 Å². The molecule has 2 atom stereocenters. The maximum atomic E-state index is 14.0. The second-order valence-electron chi connectivity index (χ2n) is 8.59. The van der Waals surface area contributed by atoms with E-state index in [0.717, 1.165) is 50.0 Å². The maximum Gasteiger partial charge on any atom is 0.220 e. The number of rotatable bonds is 3. The van der Waals surface area contributed by atoms with Crippen molar-refractivity contribution in [1.29, 1.82) is 0 Å². The molecule has 5 heteroatoms. The number of aromatic nitrogens is 1. The van der Waals surface area contributed by atoms with Gasteiger partial charge < -0.3 is 10.3 Å². The number of H-pyrrole nitrogens is 1. The molecule has 4 nitrogen and oxygen atoms in total. The number of likely N-dealkylation sites (tertiary alicyclic amines) is 1. The Morgan fingerprint density at radius 3 is 2.97 bits per heavy atom. The average Bonchev–Trinajstić information content (AvgIpc) is 3.24. The van der Waals surface area contributed by atoms with Gasteiger partial charge >= 0.3 is 0 Å². The van der Waals surface area contributed by atoms with Crippen LogP contribution in [0, 0.1) is 5.82 Å². The zero-order valence-corrected chi connectivity index (χ0v) is 16.5. The van der Waals surface area contributed by atoms with Crippen LogP contribution in [-0.4, -0.2) is 34.4 Å². The standard InChI is InChI=1S/C24H26FN3O/c25-20-5-3-4-18(13-20)21-15-28(16-24(21)10-2-1-6-23(29)27-24)14-17-7-8-22-19(12-17)9-11-26-22/h3-5,7-9,11-13,21,26H,1-2,6,10,14-16H2,(H,27,29)/t21-,24+/m0/s1. The molecule has 0 saturated carbocycles. The first-order valence-electron chi connectivity index (χ1n) is 10.5. The molecule has 2 N–H and O–H groups in total. The average molecular weight is 391 g/mol. The molecule has 0 aliphatic carbocycles. The van der Waals surface area contributed by atoms with E-state index in [2.05, 4.69) is 39.5 Å². The van der Waals surface area contributed by atoms with E-state index in [0.29, 0.717) is 6.42 Å². The van der Waals surface area contributed by atoms with Crippen LogP contribution in [0.4, 0.5) is 4.39 Å². The molecule has 2 aliphatic rings. The van der Waals surface area contributed by atoms with Crippen molar-refractivity contribution < 1.29 is 9.18 Å². The van der Waals surface area contributed by atoms with Crippen LogP contribution in [-0.2, 0) is 11.3 Å². The summed E-state index contributed by atoms with van der Waals surface area (Å²) in [6, 6.07) is 15.5. The fourth-order valence-corrected chi connectivity index (χ4v) is 5.24. The lowest BCUT2D eigenvalue weighted by Gasteiger charge is -2.35. The van der Waals surface area contributed by atoms with Crippen LogP contribution in [0.1, 0.15) is 42.7 Å². The number of aromatic amines is 1. The predicted octanol–water partition coefficient (Wildman–Crippen LogP) is 4.34. The Labute approximate surface area is 170 Å². The first kappa shape index (κ1) is 18.4. The molecule has 1 amide bonds. The molecule has 2 fully saturated rings. The van der Waals surface area contributed by atoms with Gasteiger partial charge in [-0.3, -0.25) is 9.69 Å². The number of amides is 1. The molecular weight excluding hydrogens is 365 g/mol. The summed E-state index contributed by atoms with van der Waals surface area (Å²) >= 11 is 0. The van der Waals surface area contributed by atoms with Gasteiger partial charge in [0, 0.05) is 43.7 Å². The van der Waals surface area contributed by atoms with Crippen LogP contribution >= 0.6 is 0 Å². The molecule has 5 rings (SSSR count). The third-order valence-electron chi connectivity index (χ3n) is 6.55. The van der Waals surface area contributed by atoms with Gasteiger partial charge in [0.25, 0.3) is 0 Å². The van der Waals surface area contributed by atoms with Crippen LogP contribution in [0.2, 0.25) is 0 Å². The summed E-state index contributed by atoms with van der Waals surface area (Å²) in [5.74, 6) is 0.00435. The lowest BCUT2D eigenvalue weighted by Crippen LogP contribution is -2.52. The normalized spacial score (nSPS) is 25.4. The Bertz CT molecular complexity index is 1050. The molecular formula is C24H26FN3O. The van der Waals surface area contributed by atoms with Gasteiger partial charge in [0.1, 0.15) is 5.82 Å². The summed E-state index contributed by atoms with van der Waals surface area (Å²) < 4.78 is 14.0. The molecule has 1 aromatic heterocycles. The number of benzene rings is 2. The molecule has 3 heterocycles. The summed E-state index contributed by atoms with van der Waals surface area (Å²) in [5, 5.41) is 4.56. The monoisotopic (exact) mass is 391 g/mol. The topological polar surface area (TPSA) is 48.1 Å². The highest BCUT2D eigenvalue weighted by Gasteiger charge is 2.48. The van der Waals surface area contributed by atoms with E-state index in [4.69, 9.17) is 0 Å². The number of nitrogens with one attached hydrogen (secondary N) is 2. The van der Waals surface area contributed by atoms with Crippen LogP contribution in [0.3, 0.4) is 0 Å². The Morgan fingerprint density at radius 2 is 2.07 bits per heavy atom. The van der Waals surface area contributed by atoms with Gasteiger partial charge in [-0.25, -0.2) is 4.39 Å². The number of halogens is 1. The highest BCUT2D eigenvalue weighted by molar-refractivity contribution is 5.80. The predicted molar refractivity (Wildman–Crippen MR) is 112 cm³/mol. The molecule has 2 aromatic carbocycles. The van der Waals surface area contributed by atoms with E-state index in [1.165, 1.54) is 17.0 Å². The quantitative estimate of drug-likeness (QED) is 0.698. The Balaban J connectivity index is 1.46. The summed E-state index contributed by atoms with van der Waals surface area (Å²) in [7, 11) is 0. The molecule has 0 radical (unpaired) electrons.